The van der Waals surface area contributed by atoms with Crippen LogP contribution in [0.3, 0.4) is 0 Å². The van der Waals surface area contributed by atoms with E-state index in [1.165, 1.54) is 23.0 Å². The van der Waals surface area contributed by atoms with Crippen LogP contribution < -0.4 is 0 Å². The molecule has 0 fully saturated rings. The van der Waals surface area contributed by atoms with Gasteiger partial charge in [-0.25, -0.2) is 18.4 Å². The predicted molar refractivity (Wildman–Crippen MR) is 69.3 cm³/mol. The van der Waals surface area contributed by atoms with E-state index in [4.69, 9.17) is 16.7 Å². The smallest absolute Gasteiger partial charge is 0.227 e. The van der Waals surface area contributed by atoms with Crippen molar-refractivity contribution in [3.8, 4) is 0 Å². The number of halogens is 1. The SMILES string of the molecule is Cn1c(CO)cnc1S(=O)(=O)Cc1ccc(Cl)nc1. The number of aliphatic hydroxyl groups is 1. The fourth-order valence-electron chi connectivity index (χ4n) is 1.64. The molecule has 0 aliphatic heterocycles. The van der Waals surface area contributed by atoms with Crippen molar-refractivity contribution in [3.05, 3.63) is 40.9 Å². The third-order valence-corrected chi connectivity index (χ3v) is 4.50. The van der Waals surface area contributed by atoms with Crippen LogP contribution in [-0.4, -0.2) is 28.1 Å². The number of aromatic nitrogens is 3. The van der Waals surface area contributed by atoms with Crippen LogP contribution in [0.4, 0.5) is 0 Å². The molecule has 0 bridgehead atoms. The Hall–Kier alpha value is -1.44. The number of hydrogen-bond acceptors (Lipinski definition) is 5. The van der Waals surface area contributed by atoms with Gasteiger partial charge < -0.3 is 9.67 Å². The Balaban J connectivity index is 2.32. The minimum absolute atomic E-state index is 0.0773. The summed E-state index contributed by atoms with van der Waals surface area (Å²) in [5, 5.41) is 9.27. The van der Waals surface area contributed by atoms with Crippen molar-refractivity contribution in [1.29, 1.82) is 0 Å². The molecule has 0 saturated heterocycles. The van der Waals surface area contributed by atoms with Gasteiger partial charge in [0.2, 0.25) is 15.0 Å². The highest BCUT2D eigenvalue weighted by molar-refractivity contribution is 7.90. The lowest BCUT2D eigenvalue weighted by molar-refractivity contribution is 0.271. The van der Waals surface area contributed by atoms with E-state index in [0.717, 1.165) is 0 Å². The zero-order valence-electron chi connectivity index (χ0n) is 10.1. The topological polar surface area (TPSA) is 85.1 Å². The van der Waals surface area contributed by atoms with Crippen molar-refractivity contribution in [2.24, 2.45) is 7.05 Å². The molecule has 0 radical (unpaired) electrons. The van der Waals surface area contributed by atoms with Gasteiger partial charge in [-0.3, -0.25) is 0 Å². The Morgan fingerprint density at radius 3 is 2.58 bits per heavy atom. The van der Waals surface area contributed by atoms with Crippen LogP contribution in [0.25, 0.3) is 0 Å². The number of rotatable bonds is 4. The highest BCUT2D eigenvalue weighted by Gasteiger charge is 2.22. The van der Waals surface area contributed by atoms with Gasteiger partial charge in [0.1, 0.15) is 5.15 Å². The Bertz CT molecular complexity index is 680. The average Bonchev–Trinajstić information content (AvgIpc) is 2.74. The third-order valence-electron chi connectivity index (χ3n) is 2.63. The fourth-order valence-corrected chi connectivity index (χ4v) is 3.24. The molecule has 0 aliphatic rings. The first-order chi connectivity index (χ1) is 8.94. The summed E-state index contributed by atoms with van der Waals surface area (Å²) >= 11 is 5.64. The Morgan fingerprint density at radius 2 is 2.05 bits per heavy atom. The lowest BCUT2D eigenvalue weighted by atomic mass is 10.3. The van der Waals surface area contributed by atoms with Gasteiger partial charge >= 0.3 is 0 Å². The van der Waals surface area contributed by atoms with E-state index in [-0.39, 0.29) is 17.5 Å². The van der Waals surface area contributed by atoms with Gasteiger partial charge in [-0.15, -0.1) is 0 Å². The molecule has 2 rings (SSSR count). The van der Waals surface area contributed by atoms with E-state index in [9.17, 15) is 8.42 Å². The van der Waals surface area contributed by atoms with Crippen LogP contribution in [0.1, 0.15) is 11.3 Å². The maximum Gasteiger partial charge on any atom is 0.227 e. The molecule has 0 spiro atoms. The highest BCUT2D eigenvalue weighted by Crippen LogP contribution is 2.16. The van der Waals surface area contributed by atoms with Crippen LogP contribution >= 0.6 is 11.6 Å². The maximum absolute atomic E-state index is 12.2. The van der Waals surface area contributed by atoms with E-state index >= 15 is 0 Å². The molecular weight excluding hydrogens is 290 g/mol. The summed E-state index contributed by atoms with van der Waals surface area (Å²) < 4.78 is 25.8. The minimum Gasteiger partial charge on any atom is -0.390 e. The Labute approximate surface area is 115 Å². The molecule has 6 nitrogen and oxygen atoms in total. The second-order valence-corrected chi connectivity index (χ2v) is 6.27. The number of aliphatic hydroxyl groups excluding tert-OH is 1. The maximum atomic E-state index is 12.2. The normalized spacial score (nSPS) is 11.7. The van der Waals surface area contributed by atoms with Gasteiger partial charge in [0.25, 0.3) is 0 Å². The Kier molecular flexibility index (Phi) is 3.88. The zero-order valence-corrected chi connectivity index (χ0v) is 11.7. The fraction of sp³-hybridized carbons (Fsp3) is 0.273. The molecule has 2 aromatic heterocycles. The van der Waals surface area contributed by atoms with Gasteiger partial charge in [-0.2, -0.15) is 0 Å². The zero-order chi connectivity index (χ0) is 14.0. The molecule has 2 heterocycles. The molecule has 0 aromatic carbocycles. The van der Waals surface area contributed by atoms with Crippen molar-refractivity contribution in [2.75, 3.05) is 0 Å². The molecular formula is C11H12ClN3O3S. The molecule has 0 saturated carbocycles. The van der Waals surface area contributed by atoms with Crippen molar-refractivity contribution >= 4 is 21.4 Å². The summed E-state index contributed by atoms with van der Waals surface area (Å²) in [5.41, 5.74) is 0.964. The summed E-state index contributed by atoms with van der Waals surface area (Å²) in [7, 11) is -2.04. The van der Waals surface area contributed by atoms with Crippen LogP contribution in [0.5, 0.6) is 0 Å². The number of pyridine rings is 1. The third kappa shape index (κ3) is 2.94. The molecule has 0 aliphatic carbocycles. The van der Waals surface area contributed by atoms with Crippen LogP contribution in [0.2, 0.25) is 5.15 Å². The van der Waals surface area contributed by atoms with Gasteiger partial charge in [0.15, 0.2) is 0 Å². The number of nitrogens with zero attached hydrogens (tertiary/aromatic N) is 3. The first kappa shape index (κ1) is 14.0. The first-order valence-electron chi connectivity index (χ1n) is 5.38. The minimum atomic E-state index is -3.59. The predicted octanol–water partition coefficient (Wildman–Crippen LogP) is 0.935. The van der Waals surface area contributed by atoms with Crippen LogP contribution in [0, 0.1) is 0 Å². The van der Waals surface area contributed by atoms with Crippen LogP contribution in [0.15, 0.2) is 29.7 Å². The summed E-state index contributed by atoms with van der Waals surface area (Å²) in [6.45, 7) is -0.262. The quantitative estimate of drug-likeness (QED) is 0.849. The molecule has 0 amide bonds. The van der Waals surface area contributed by atoms with Crippen molar-refractivity contribution < 1.29 is 13.5 Å². The summed E-state index contributed by atoms with van der Waals surface area (Å²) in [5.74, 6) is -0.215. The van der Waals surface area contributed by atoms with Crippen molar-refractivity contribution in [1.82, 2.24) is 14.5 Å². The van der Waals surface area contributed by atoms with E-state index in [1.807, 2.05) is 0 Å². The molecule has 8 heteroatoms. The molecule has 1 N–H and O–H groups in total. The molecule has 19 heavy (non-hydrogen) atoms. The number of hydrogen-bond donors (Lipinski definition) is 1. The summed E-state index contributed by atoms with van der Waals surface area (Å²) in [6.07, 6.45) is 2.75. The second-order valence-electron chi connectivity index (χ2n) is 4.00. The Morgan fingerprint density at radius 1 is 1.32 bits per heavy atom. The lowest BCUT2D eigenvalue weighted by Gasteiger charge is -2.05. The summed E-state index contributed by atoms with van der Waals surface area (Å²) in [4.78, 5) is 7.68. The van der Waals surface area contributed by atoms with E-state index < -0.39 is 9.84 Å². The van der Waals surface area contributed by atoms with E-state index in [0.29, 0.717) is 16.4 Å². The highest BCUT2D eigenvalue weighted by atomic mass is 35.5. The monoisotopic (exact) mass is 301 g/mol. The molecule has 0 atom stereocenters. The van der Waals surface area contributed by atoms with E-state index in [1.54, 1.807) is 13.1 Å². The van der Waals surface area contributed by atoms with Crippen molar-refractivity contribution in [2.45, 2.75) is 17.5 Å². The standard InChI is InChI=1S/C11H12ClN3O3S/c1-15-9(6-16)5-14-11(15)19(17,18)7-8-2-3-10(12)13-4-8/h2-5,16H,6-7H2,1H3. The summed E-state index contributed by atoms with van der Waals surface area (Å²) in [6, 6.07) is 3.13. The van der Waals surface area contributed by atoms with E-state index in [2.05, 4.69) is 9.97 Å². The molecule has 2 aromatic rings. The van der Waals surface area contributed by atoms with Gasteiger partial charge in [-0.1, -0.05) is 17.7 Å². The average molecular weight is 302 g/mol. The van der Waals surface area contributed by atoms with Crippen molar-refractivity contribution in [3.63, 3.8) is 0 Å². The molecule has 102 valence electrons. The van der Waals surface area contributed by atoms with Gasteiger partial charge in [0.05, 0.1) is 24.3 Å². The van der Waals surface area contributed by atoms with Crippen LogP contribution in [-0.2, 0) is 29.2 Å². The second kappa shape index (κ2) is 5.28. The first-order valence-corrected chi connectivity index (χ1v) is 7.41. The van der Waals surface area contributed by atoms with Gasteiger partial charge in [-0.05, 0) is 11.6 Å². The molecule has 0 unspecified atom stereocenters. The lowest BCUT2D eigenvalue weighted by Crippen LogP contribution is -2.12. The number of imidazole rings is 1. The number of sulfone groups is 1. The largest absolute Gasteiger partial charge is 0.390 e. The van der Waals surface area contributed by atoms with Gasteiger partial charge in [0, 0.05) is 13.2 Å².